The van der Waals surface area contributed by atoms with Crippen LogP contribution in [0.15, 0.2) is 72.8 Å². The molecule has 1 aliphatic rings. The summed E-state index contributed by atoms with van der Waals surface area (Å²) in [5.74, 6) is -0.297. The molecule has 26 heavy (non-hydrogen) atoms. The second kappa shape index (κ2) is 6.43. The van der Waals surface area contributed by atoms with E-state index in [1.165, 1.54) is 7.11 Å². The lowest BCUT2D eigenvalue weighted by atomic mass is 9.76. The number of carbonyl (C=O) groups excluding carboxylic acids is 1. The highest BCUT2D eigenvalue weighted by molar-refractivity contribution is 6.01. The minimum atomic E-state index is -0.970. The van der Waals surface area contributed by atoms with Gasteiger partial charge in [0.05, 0.1) is 13.7 Å². The number of rotatable bonds is 4. The third-order valence-electron chi connectivity index (χ3n) is 5.15. The normalized spacial score (nSPS) is 17.5. The van der Waals surface area contributed by atoms with Gasteiger partial charge in [0.1, 0.15) is 5.41 Å². The number of methoxy groups -OCH3 is 2. The lowest BCUT2D eigenvalue weighted by molar-refractivity contribution is -0.147. The lowest BCUT2D eigenvalue weighted by Gasteiger charge is -2.30. The predicted octanol–water partition coefficient (Wildman–Crippen LogP) is 4.44. The van der Waals surface area contributed by atoms with Crippen LogP contribution in [0, 0.1) is 0 Å². The van der Waals surface area contributed by atoms with Crippen molar-refractivity contribution in [3.8, 4) is 22.3 Å². The zero-order valence-corrected chi connectivity index (χ0v) is 14.9. The molecule has 3 nitrogen and oxygen atoms in total. The largest absolute Gasteiger partial charge is 0.468 e. The Bertz CT molecular complexity index is 962. The molecule has 3 heteroatoms. The molecule has 0 saturated heterocycles. The summed E-state index contributed by atoms with van der Waals surface area (Å²) in [5, 5.41) is 0. The van der Waals surface area contributed by atoms with Gasteiger partial charge in [-0.2, -0.15) is 0 Å². The standard InChI is InChI=1S/C23H20O3/c1-25-15-23(22(24)26-2)20-14-7-6-11-18(20)19-13-8-12-17(21(19)23)16-9-4-3-5-10-16/h3-14H,15H2,1-2H3. The second-order valence-corrected chi connectivity index (χ2v) is 6.47. The first-order valence-corrected chi connectivity index (χ1v) is 8.60. The van der Waals surface area contributed by atoms with Crippen LogP contribution in [0.4, 0.5) is 0 Å². The molecule has 1 atom stereocenters. The third-order valence-corrected chi connectivity index (χ3v) is 5.15. The van der Waals surface area contributed by atoms with E-state index in [2.05, 4.69) is 30.3 Å². The monoisotopic (exact) mass is 344 g/mol. The van der Waals surface area contributed by atoms with Gasteiger partial charge in [-0.05, 0) is 33.4 Å². The number of fused-ring (bicyclic) bond motifs is 3. The highest BCUT2D eigenvalue weighted by Crippen LogP contribution is 2.53. The number of benzene rings is 3. The van der Waals surface area contributed by atoms with Gasteiger partial charge in [0.25, 0.3) is 0 Å². The fraction of sp³-hybridized carbons (Fsp3) is 0.174. The van der Waals surface area contributed by atoms with Crippen LogP contribution in [0.3, 0.4) is 0 Å². The highest BCUT2D eigenvalue weighted by Gasteiger charge is 2.51. The summed E-state index contributed by atoms with van der Waals surface area (Å²) in [6.45, 7) is 0.230. The molecule has 1 unspecified atom stereocenters. The zero-order valence-electron chi connectivity index (χ0n) is 14.9. The van der Waals surface area contributed by atoms with Crippen LogP contribution in [0.1, 0.15) is 11.1 Å². The van der Waals surface area contributed by atoms with Crippen LogP contribution in [0.5, 0.6) is 0 Å². The first kappa shape index (κ1) is 16.6. The van der Waals surface area contributed by atoms with Gasteiger partial charge in [-0.1, -0.05) is 72.8 Å². The Morgan fingerprint density at radius 3 is 2.19 bits per heavy atom. The molecule has 3 aromatic carbocycles. The number of ether oxygens (including phenoxy) is 2. The van der Waals surface area contributed by atoms with Crippen molar-refractivity contribution in [2.45, 2.75) is 5.41 Å². The minimum absolute atomic E-state index is 0.230. The third kappa shape index (κ3) is 2.21. The molecule has 130 valence electrons. The van der Waals surface area contributed by atoms with Gasteiger partial charge < -0.3 is 9.47 Å². The zero-order chi connectivity index (χ0) is 18.1. The Morgan fingerprint density at radius 1 is 0.808 bits per heavy atom. The maximum atomic E-state index is 13.1. The van der Waals surface area contributed by atoms with E-state index in [-0.39, 0.29) is 12.6 Å². The molecule has 0 spiro atoms. The first-order chi connectivity index (χ1) is 12.7. The van der Waals surface area contributed by atoms with E-state index in [0.717, 1.165) is 33.4 Å². The van der Waals surface area contributed by atoms with Crippen molar-refractivity contribution in [1.29, 1.82) is 0 Å². The molecule has 0 heterocycles. The van der Waals surface area contributed by atoms with Crippen LogP contribution < -0.4 is 0 Å². The van der Waals surface area contributed by atoms with E-state index in [0.29, 0.717) is 0 Å². The van der Waals surface area contributed by atoms with Crippen molar-refractivity contribution >= 4 is 5.97 Å². The van der Waals surface area contributed by atoms with Gasteiger partial charge in [0.2, 0.25) is 0 Å². The van der Waals surface area contributed by atoms with E-state index < -0.39 is 5.41 Å². The first-order valence-electron chi connectivity index (χ1n) is 8.60. The highest BCUT2D eigenvalue weighted by atomic mass is 16.5. The van der Waals surface area contributed by atoms with Gasteiger partial charge in [-0.3, -0.25) is 4.79 Å². The smallest absolute Gasteiger partial charge is 0.323 e. The molecule has 0 fully saturated rings. The Hall–Kier alpha value is -2.91. The molecule has 0 radical (unpaired) electrons. The molecule has 0 aliphatic heterocycles. The van der Waals surface area contributed by atoms with E-state index in [1.54, 1.807) is 7.11 Å². The summed E-state index contributed by atoms with van der Waals surface area (Å²) in [7, 11) is 3.06. The quantitative estimate of drug-likeness (QED) is 0.657. The molecule has 3 aromatic rings. The van der Waals surface area contributed by atoms with Crippen LogP contribution in [-0.4, -0.2) is 26.8 Å². The second-order valence-electron chi connectivity index (χ2n) is 6.47. The molecular formula is C23H20O3. The molecule has 0 aromatic heterocycles. The number of esters is 1. The fourth-order valence-electron chi connectivity index (χ4n) is 4.13. The van der Waals surface area contributed by atoms with Crippen molar-refractivity contribution in [3.63, 3.8) is 0 Å². The number of hydrogen-bond acceptors (Lipinski definition) is 3. The summed E-state index contributed by atoms with van der Waals surface area (Å²) in [4.78, 5) is 13.1. The van der Waals surface area contributed by atoms with Gasteiger partial charge in [-0.25, -0.2) is 0 Å². The van der Waals surface area contributed by atoms with Crippen molar-refractivity contribution in [1.82, 2.24) is 0 Å². The molecule has 0 N–H and O–H groups in total. The predicted molar refractivity (Wildman–Crippen MR) is 102 cm³/mol. The van der Waals surface area contributed by atoms with Crippen molar-refractivity contribution in [2.24, 2.45) is 0 Å². The van der Waals surface area contributed by atoms with Crippen LogP contribution in [-0.2, 0) is 19.7 Å². The van der Waals surface area contributed by atoms with Gasteiger partial charge >= 0.3 is 5.97 Å². The molecule has 4 rings (SSSR count). The summed E-state index contributed by atoms with van der Waals surface area (Å²) < 4.78 is 10.8. The SMILES string of the molecule is COCC1(C(=O)OC)c2ccccc2-c2cccc(-c3ccccc3)c21. The maximum Gasteiger partial charge on any atom is 0.323 e. The van der Waals surface area contributed by atoms with Gasteiger partial charge in [0, 0.05) is 7.11 Å². The average Bonchev–Trinajstić information content (AvgIpc) is 3.00. The molecular weight excluding hydrogens is 324 g/mol. The van der Waals surface area contributed by atoms with E-state index >= 15 is 0 Å². The summed E-state index contributed by atoms with van der Waals surface area (Å²) in [6.07, 6.45) is 0. The van der Waals surface area contributed by atoms with Crippen molar-refractivity contribution in [2.75, 3.05) is 20.8 Å². The topological polar surface area (TPSA) is 35.5 Å². The Morgan fingerprint density at radius 2 is 1.46 bits per heavy atom. The van der Waals surface area contributed by atoms with E-state index in [1.807, 2.05) is 42.5 Å². The van der Waals surface area contributed by atoms with E-state index in [4.69, 9.17) is 9.47 Å². The average molecular weight is 344 g/mol. The molecule has 1 aliphatic carbocycles. The summed E-state index contributed by atoms with van der Waals surface area (Å²) in [5.41, 5.74) is 5.14. The lowest BCUT2D eigenvalue weighted by Crippen LogP contribution is -2.41. The minimum Gasteiger partial charge on any atom is -0.468 e. The molecule has 0 amide bonds. The Kier molecular flexibility index (Phi) is 4.09. The molecule has 0 bridgehead atoms. The number of hydrogen-bond donors (Lipinski definition) is 0. The van der Waals surface area contributed by atoms with Crippen LogP contribution in [0.25, 0.3) is 22.3 Å². The Labute approximate surface area is 153 Å². The maximum absolute atomic E-state index is 13.1. The van der Waals surface area contributed by atoms with Gasteiger partial charge in [0.15, 0.2) is 0 Å². The van der Waals surface area contributed by atoms with Gasteiger partial charge in [-0.15, -0.1) is 0 Å². The van der Waals surface area contributed by atoms with Crippen molar-refractivity contribution in [3.05, 3.63) is 83.9 Å². The van der Waals surface area contributed by atoms with E-state index in [9.17, 15) is 4.79 Å². The van der Waals surface area contributed by atoms with Crippen molar-refractivity contribution < 1.29 is 14.3 Å². The summed E-state index contributed by atoms with van der Waals surface area (Å²) >= 11 is 0. The fourth-order valence-corrected chi connectivity index (χ4v) is 4.13. The summed E-state index contributed by atoms with van der Waals surface area (Å²) in [6, 6.07) is 24.3. The number of carbonyl (C=O) groups is 1. The van der Waals surface area contributed by atoms with Crippen LogP contribution in [0.2, 0.25) is 0 Å². The Balaban J connectivity index is 2.11. The molecule has 0 saturated carbocycles. The van der Waals surface area contributed by atoms with Crippen LogP contribution >= 0.6 is 0 Å².